The van der Waals surface area contributed by atoms with Gasteiger partial charge in [0, 0.05) is 5.56 Å². The van der Waals surface area contributed by atoms with Crippen molar-refractivity contribution in [2.24, 2.45) is 0 Å². The standard InChI is InChI=1S/C18H12F3NO4S/c1-25-15-10(8-14-16(23)22-17(24)27-14)4-2-7-13(15)26-12-6-3-5-11(9-12)18(19,20)21/h2-9H,1H3,(H,22,23,24). The highest BCUT2D eigenvalue weighted by molar-refractivity contribution is 8.18. The number of nitrogens with one attached hydrogen (secondary N) is 1. The highest BCUT2D eigenvalue weighted by Gasteiger charge is 2.31. The first-order chi connectivity index (χ1) is 12.8. The van der Waals surface area contributed by atoms with E-state index in [0.29, 0.717) is 5.56 Å². The lowest BCUT2D eigenvalue weighted by Gasteiger charge is -2.14. The van der Waals surface area contributed by atoms with Crippen molar-refractivity contribution in [3.05, 3.63) is 58.5 Å². The summed E-state index contributed by atoms with van der Waals surface area (Å²) in [5.74, 6) is -0.164. The molecule has 2 aromatic rings. The maximum Gasteiger partial charge on any atom is 0.416 e. The Morgan fingerprint density at radius 3 is 2.48 bits per heavy atom. The molecule has 0 bridgehead atoms. The molecule has 0 aromatic heterocycles. The molecule has 1 fully saturated rings. The zero-order valence-corrected chi connectivity index (χ0v) is 14.6. The molecule has 0 radical (unpaired) electrons. The predicted octanol–water partition coefficient (Wildman–Crippen LogP) is 4.83. The Labute approximate surface area is 156 Å². The van der Waals surface area contributed by atoms with Crippen LogP contribution in [0.1, 0.15) is 11.1 Å². The Hall–Kier alpha value is -2.94. The Morgan fingerprint density at radius 2 is 1.85 bits per heavy atom. The summed E-state index contributed by atoms with van der Waals surface area (Å²) >= 11 is 0.742. The van der Waals surface area contributed by atoms with Gasteiger partial charge in [-0.15, -0.1) is 0 Å². The summed E-state index contributed by atoms with van der Waals surface area (Å²) in [6.45, 7) is 0. The molecule has 1 heterocycles. The number of rotatable bonds is 4. The van der Waals surface area contributed by atoms with Gasteiger partial charge in [0.2, 0.25) is 0 Å². The minimum atomic E-state index is -4.49. The van der Waals surface area contributed by atoms with Crippen molar-refractivity contribution in [3.63, 3.8) is 0 Å². The molecule has 27 heavy (non-hydrogen) atoms. The Balaban J connectivity index is 1.95. The number of methoxy groups -OCH3 is 1. The maximum atomic E-state index is 12.9. The summed E-state index contributed by atoms with van der Waals surface area (Å²) in [5.41, 5.74) is -0.399. The van der Waals surface area contributed by atoms with E-state index in [1.165, 1.54) is 31.4 Å². The first-order valence-corrected chi connectivity index (χ1v) is 8.36. The number of amides is 2. The van der Waals surface area contributed by atoms with Gasteiger partial charge in [-0.05, 0) is 42.1 Å². The van der Waals surface area contributed by atoms with Crippen LogP contribution in [0.25, 0.3) is 6.08 Å². The molecule has 9 heteroatoms. The van der Waals surface area contributed by atoms with Crippen LogP contribution < -0.4 is 14.8 Å². The molecule has 0 atom stereocenters. The van der Waals surface area contributed by atoms with Crippen molar-refractivity contribution in [2.45, 2.75) is 6.18 Å². The number of imide groups is 1. The number of thioether (sulfide) groups is 1. The van der Waals surface area contributed by atoms with Gasteiger partial charge < -0.3 is 9.47 Å². The van der Waals surface area contributed by atoms with Gasteiger partial charge in [0.15, 0.2) is 11.5 Å². The van der Waals surface area contributed by atoms with Crippen LogP contribution in [0.15, 0.2) is 47.4 Å². The number of hydrogen-bond donors (Lipinski definition) is 1. The molecule has 140 valence electrons. The first-order valence-electron chi connectivity index (χ1n) is 7.55. The lowest BCUT2D eigenvalue weighted by Crippen LogP contribution is -2.17. The monoisotopic (exact) mass is 395 g/mol. The molecule has 0 spiro atoms. The number of alkyl halides is 3. The average Bonchev–Trinajstić information content (AvgIpc) is 2.92. The van der Waals surface area contributed by atoms with Crippen molar-refractivity contribution in [1.29, 1.82) is 0 Å². The van der Waals surface area contributed by atoms with E-state index in [2.05, 4.69) is 5.32 Å². The van der Waals surface area contributed by atoms with Crippen LogP contribution in [0.3, 0.4) is 0 Å². The topological polar surface area (TPSA) is 64.6 Å². The lowest BCUT2D eigenvalue weighted by molar-refractivity contribution is -0.137. The second-order valence-electron chi connectivity index (χ2n) is 5.36. The van der Waals surface area contributed by atoms with E-state index < -0.39 is 22.9 Å². The number of carbonyl (C=O) groups excluding carboxylic acids is 2. The van der Waals surface area contributed by atoms with E-state index in [9.17, 15) is 22.8 Å². The number of ether oxygens (including phenoxy) is 2. The lowest BCUT2D eigenvalue weighted by atomic mass is 10.1. The molecule has 1 N–H and O–H groups in total. The van der Waals surface area contributed by atoms with E-state index in [0.717, 1.165) is 23.9 Å². The van der Waals surface area contributed by atoms with Gasteiger partial charge in [0.05, 0.1) is 17.6 Å². The largest absolute Gasteiger partial charge is 0.492 e. The summed E-state index contributed by atoms with van der Waals surface area (Å²) in [4.78, 5) is 23.1. The summed E-state index contributed by atoms with van der Waals surface area (Å²) in [6, 6.07) is 9.19. The van der Waals surface area contributed by atoms with E-state index in [1.54, 1.807) is 12.1 Å². The van der Waals surface area contributed by atoms with Gasteiger partial charge in [-0.1, -0.05) is 18.2 Å². The molecular weight excluding hydrogens is 383 g/mol. The van der Waals surface area contributed by atoms with Gasteiger partial charge in [-0.25, -0.2) is 0 Å². The van der Waals surface area contributed by atoms with Crippen molar-refractivity contribution in [3.8, 4) is 17.2 Å². The summed E-state index contributed by atoms with van der Waals surface area (Å²) in [5, 5.41) is 1.65. The van der Waals surface area contributed by atoms with Crippen molar-refractivity contribution in [2.75, 3.05) is 7.11 Å². The maximum absolute atomic E-state index is 12.9. The summed E-state index contributed by atoms with van der Waals surface area (Å²) in [7, 11) is 1.36. The van der Waals surface area contributed by atoms with Gasteiger partial charge in [0.1, 0.15) is 5.75 Å². The van der Waals surface area contributed by atoms with Gasteiger partial charge in [-0.2, -0.15) is 13.2 Å². The molecule has 3 rings (SSSR count). The molecule has 1 aliphatic heterocycles. The third-order valence-electron chi connectivity index (χ3n) is 3.53. The minimum absolute atomic E-state index is 0.0175. The molecule has 1 saturated heterocycles. The molecular formula is C18H12F3NO4S. The quantitative estimate of drug-likeness (QED) is 0.752. The normalized spacial score (nSPS) is 15.8. The van der Waals surface area contributed by atoms with Crippen LogP contribution in [0, 0.1) is 0 Å². The van der Waals surface area contributed by atoms with Crippen LogP contribution in [-0.4, -0.2) is 18.3 Å². The first kappa shape index (κ1) is 18.8. The fourth-order valence-electron chi connectivity index (χ4n) is 2.37. The number of carbonyl (C=O) groups is 2. The zero-order chi connectivity index (χ0) is 19.6. The van der Waals surface area contributed by atoms with E-state index >= 15 is 0 Å². The third kappa shape index (κ3) is 4.25. The predicted molar refractivity (Wildman–Crippen MR) is 93.6 cm³/mol. The molecule has 2 amide bonds. The summed E-state index contributed by atoms with van der Waals surface area (Å²) < 4.78 is 49.4. The van der Waals surface area contributed by atoms with Gasteiger partial charge in [0.25, 0.3) is 11.1 Å². The highest BCUT2D eigenvalue weighted by Crippen LogP contribution is 2.38. The van der Waals surface area contributed by atoms with E-state index in [-0.39, 0.29) is 22.2 Å². The van der Waals surface area contributed by atoms with E-state index in [1.807, 2.05) is 0 Å². The van der Waals surface area contributed by atoms with E-state index in [4.69, 9.17) is 9.47 Å². The molecule has 1 aliphatic rings. The molecule has 0 aliphatic carbocycles. The zero-order valence-electron chi connectivity index (χ0n) is 13.8. The second-order valence-corrected chi connectivity index (χ2v) is 6.37. The molecule has 2 aromatic carbocycles. The number of halogens is 3. The Morgan fingerprint density at radius 1 is 1.11 bits per heavy atom. The van der Waals surface area contributed by atoms with Gasteiger partial charge >= 0.3 is 6.18 Å². The average molecular weight is 395 g/mol. The SMILES string of the molecule is COc1c(C=C2SC(=O)NC2=O)cccc1Oc1cccc(C(F)(F)F)c1. The number of hydrogen-bond acceptors (Lipinski definition) is 5. The molecule has 0 saturated carbocycles. The third-order valence-corrected chi connectivity index (χ3v) is 4.34. The fraction of sp³-hybridized carbons (Fsp3) is 0.111. The molecule has 5 nitrogen and oxygen atoms in total. The van der Waals surface area contributed by atoms with Crippen molar-refractivity contribution in [1.82, 2.24) is 5.32 Å². The van der Waals surface area contributed by atoms with Crippen LogP contribution in [-0.2, 0) is 11.0 Å². The minimum Gasteiger partial charge on any atom is -0.492 e. The second kappa shape index (κ2) is 7.36. The fourth-order valence-corrected chi connectivity index (χ4v) is 3.04. The summed E-state index contributed by atoms with van der Waals surface area (Å²) in [6.07, 6.45) is -3.04. The highest BCUT2D eigenvalue weighted by atomic mass is 32.2. The Kier molecular flexibility index (Phi) is 5.13. The smallest absolute Gasteiger partial charge is 0.416 e. The van der Waals surface area contributed by atoms with Crippen molar-refractivity contribution < 1.29 is 32.2 Å². The molecule has 0 unspecified atom stereocenters. The van der Waals surface area contributed by atoms with Crippen LogP contribution in [0.5, 0.6) is 17.2 Å². The van der Waals surface area contributed by atoms with Crippen LogP contribution >= 0.6 is 11.8 Å². The number of para-hydroxylation sites is 1. The van der Waals surface area contributed by atoms with Crippen LogP contribution in [0.4, 0.5) is 18.0 Å². The Bertz CT molecular complexity index is 940. The number of benzene rings is 2. The van der Waals surface area contributed by atoms with Gasteiger partial charge in [-0.3, -0.25) is 14.9 Å². The van der Waals surface area contributed by atoms with Crippen molar-refractivity contribution >= 4 is 29.0 Å². The van der Waals surface area contributed by atoms with Crippen LogP contribution in [0.2, 0.25) is 0 Å².